The molecule has 1 aromatic carbocycles. The van der Waals surface area contributed by atoms with Crippen LogP contribution in [-0.2, 0) is 6.42 Å². The van der Waals surface area contributed by atoms with Crippen molar-refractivity contribution < 1.29 is 17.9 Å². The zero-order valence-electron chi connectivity index (χ0n) is 14.8. The first-order valence-corrected chi connectivity index (χ1v) is 8.91. The first kappa shape index (κ1) is 18.5. The van der Waals surface area contributed by atoms with E-state index in [-0.39, 0.29) is 35.2 Å². The summed E-state index contributed by atoms with van der Waals surface area (Å²) in [7, 11) is 0. The zero-order chi connectivity index (χ0) is 19.7. The van der Waals surface area contributed by atoms with Gasteiger partial charge >= 0.3 is 6.36 Å². The smallest absolute Gasteiger partial charge is 0.405 e. The van der Waals surface area contributed by atoms with Crippen LogP contribution in [0.25, 0.3) is 11.0 Å². The molecule has 4 rings (SSSR count). The molecule has 1 aliphatic rings. The predicted octanol–water partition coefficient (Wildman–Crippen LogP) is 2.53. The Morgan fingerprint density at radius 3 is 2.71 bits per heavy atom. The van der Waals surface area contributed by atoms with Crippen LogP contribution in [0.4, 0.5) is 13.2 Å². The van der Waals surface area contributed by atoms with Gasteiger partial charge in [0.15, 0.2) is 5.65 Å². The van der Waals surface area contributed by atoms with E-state index in [0.29, 0.717) is 11.0 Å². The topological polar surface area (TPSA) is 84.8 Å². The van der Waals surface area contributed by atoms with Crippen molar-refractivity contribution in [3.63, 3.8) is 0 Å². The molecule has 0 unspecified atom stereocenters. The summed E-state index contributed by atoms with van der Waals surface area (Å²) in [6.45, 7) is 1.70. The van der Waals surface area contributed by atoms with Crippen LogP contribution in [0.3, 0.4) is 0 Å². The molecule has 1 saturated heterocycles. The van der Waals surface area contributed by atoms with Gasteiger partial charge in [-0.1, -0.05) is 18.2 Å². The number of benzene rings is 1. The quantitative estimate of drug-likeness (QED) is 0.712. The lowest BCUT2D eigenvalue weighted by atomic mass is 10.1. The molecule has 10 heteroatoms. The summed E-state index contributed by atoms with van der Waals surface area (Å²) >= 11 is 0. The molecule has 7 nitrogen and oxygen atoms in total. The molecule has 0 atom stereocenters. The summed E-state index contributed by atoms with van der Waals surface area (Å²) in [5.74, 6) is -0.0592. The molecule has 2 aromatic heterocycles. The van der Waals surface area contributed by atoms with Crippen molar-refractivity contribution in [1.29, 1.82) is 0 Å². The SMILES string of the molecule is O=c1[nH]c(Cc2ccccc2OC(F)(F)F)nc2c1cnn2C1CCNCC1. The van der Waals surface area contributed by atoms with E-state index in [2.05, 4.69) is 25.1 Å². The van der Waals surface area contributed by atoms with Gasteiger partial charge in [-0.2, -0.15) is 5.10 Å². The second-order valence-corrected chi connectivity index (χ2v) is 6.65. The lowest BCUT2D eigenvalue weighted by molar-refractivity contribution is -0.274. The maximum atomic E-state index is 12.6. The number of halogens is 3. The number of aromatic nitrogens is 4. The fourth-order valence-electron chi connectivity index (χ4n) is 3.44. The van der Waals surface area contributed by atoms with Gasteiger partial charge in [-0.25, -0.2) is 9.67 Å². The molecule has 0 aliphatic carbocycles. The number of hydrogen-bond donors (Lipinski definition) is 2. The van der Waals surface area contributed by atoms with Crippen LogP contribution in [0.15, 0.2) is 35.3 Å². The van der Waals surface area contributed by atoms with Gasteiger partial charge in [0.2, 0.25) is 0 Å². The third-order valence-corrected chi connectivity index (χ3v) is 4.72. The molecule has 3 heterocycles. The minimum Gasteiger partial charge on any atom is -0.405 e. The van der Waals surface area contributed by atoms with Gasteiger partial charge in [-0.3, -0.25) is 4.79 Å². The lowest BCUT2D eigenvalue weighted by Gasteiger charge is -2.23. The highest BCUT2D eigenvalue weighted by atomic mass is 19.4. The minimum absolute atomic E-state index is 0.00512. The summed E-state index contributed by atoms with van der Waals surface area (Å²) in [4.78, 5) is 19.6. The standard InChI is InChI=1S/C18H18F3N5O2/c19-18(20,21)28-14-4-2-1-3-11(14)9-15-24-16-13(17(27)25-15)10-23-26(16)12-5-7-22-8-6-12/h1-4,10,12,22H,5-9H2,(H,24,25,27). The molecule has 0 amide bonds. The highest BCUT2D eigenvalue weighted by Crippen LogP contribution is 2.27. The van der Waals surface area contributed by atoms with Gasteiger partial charge < -0.3 is 15.0 Å². The Balaban J connectivity index is 1.69. The van der Waals surface area contributed by atoms with Crippen LogP contribution in [-0.4, -0.2) is 39.2 Å². The summed E-state index contributed by atoms with van der Waals surface area (Å²) in [5.41, 5.74) is 0.351. The molecule has 1 fully saturated rings. The molecule has 2 N–H and O–H groups in total. The van der Waals surface area contributed by atoms with Gasteiger partial charge in [0.25, 0.3) is 5.56 Å². The number of piperidine rings is 1. The molecule has 28 heavy (non-hydrogen) atoms. The highest BCUT2D eigenvalue weighted by molar-refractivity contribution is 5.73. The normalized spacial score (nSPS) is 15.8. The first-order chi connectivity index (χ1) is 13.4. The van der Waals surface area contributed by atoms with Gasteiger partial charge in [-0.05, 0) is 32.0 Å². The fraction of sp³-hybridized carbons (Fsp3) is 0.389. The van der Waals surface area contributed by atoms with Crippen molar-refractivity contribution in [1.82, 2.24) is 25.1 Å². The Labute approximate surface area is 157 Å². The second kappa shape index (κ2) is 7.27. The number of aromatic amines is 1. The van der Waals surface area contributed by atoms with E-state index in [9.17, 15) is 18.0 Å². The summed E-state index contributed by atoms with van der Waals surface area (Å²) < 4.78 is 43.7. The largest absolute Gasteiger partial charge is 0.573 e. The lowest BCUT2D eigenvalue weighted by Crippen LogP contribution is -2.30. The molecule has 1 aliphatic heterocycles. The first-order valence-electron chi connectivity index (χ1n) is 8.91. The predicted molar refractivity (Wildman–Crippen MR) is 95.2 cm³/mol. The van der Waals surface area contributed by atoms with Gasteiger partial charge in [0.1, 0.15) is 17.0 Å². The number of fused-ring (bicyclic) bond motifs is 1. The molecular weight excluding hydrogens is 375 g/mol. The zero-order valence-corrected chi connectivity index (χ0v) is 14.8. The third kappa shape index (κ3) is 3.86. The number of para-hydroxylation sites is 1. The Kier molecular flexibility index (Phi) is 4.80. The monoisotopic (exact) mass is 393 g/mol. The average Bonchev–Trinajstić information content (AvgIpc) is 3.07. The Morgan fingerprint density at radius 1 is 1.21 bits per heavy atom. The van der Waals surface area contributed by atoms with Crippen LogP contribution in [0.2, 0.25) is 0 Å². The number of alkyl halides is 3. The van der Waals surface area contributed by atoms with Crippen molar-refractivity contribution in [2.24, 2.45) is 0 Å². The second-order valence-electron chi connectivity index (χ2n) is 6.65. The van der Waals surface area contributed by atoms with Crippen LogP contribution in [0, 0.1) is 0 Å². The number of nitrogens with one attached hydrogen (secondary N) is 2. The molecule has 148 valence electrons. The van der Waals surface area contributed by atoms with Crippen molar-refractivity contribution in [3.05, 3.63) is 52.2 Å². The third-order valence-electron chi connectivity index (χ3n) is 4.72. The minimum atomic E-state index is -4.80. The maximum absolute atomic E-state index is 12.6. The van der Waals surface area contributed by atoms with E-state index in [1.807, 2.05) is 0 Å². The number of H-pyrrole nitrogens is 1. The van der Waals surface area contributed by atoms with Crippen molar-refractivity contribution in [3.8, 4) is 5.75 Å². The molecular formula is C18H18F3N5O2. The van der Waals surface area contributed by atoms with Crippen LogP contribution in [0.5, 0.6) is 5.75 Å². The van der Waals surface area contributed by atoms with E-state index in [4.69, 9.17) is 0 Å². The van der Waals surface area contributed by atoms with E-state index in [0.717, 1.165) is 25.9 Å². The Morgan fingerprint density at radius 2 is 1.96 bits per heavy atom. The van der Waals surface area contributed by atoms with E-state index >= 15 is 0 Å². The number of hydrogen-bond acceptors (Lipinski definition) is 5. The summed E-state index contributed by atoms with van der Waals surface area (Å²) in [5, 5.41) is 7.96. The van der Waals surface area contributed by atoms with Crippen molar-refractivity contribution >= 4 is 11.0 Å². The van der Waals surface area contributed by atoms with Crippen LogP contribution < -0.4 is 15.6 Å². The van der Waals surface area contributed by atoms with Gasteiger partial charge in [0, 0.05) is 12.0 Å². The summed E-state index contributed by atoms with van der Waals surface area (Å²) in [6, 6.07) is 5.93. The van der Waals surface area contributed by atoms with Gasteiger partial charge in [0.05, 0.1) is 12.2 Å². The van der Waals surface area contributed by atoms with E-state index in [1.54, 1.807) is 10.7 Å². The van der Waals surface area contributed by atoms with Crippen LogP contribution in [0.1, 0.15) is 30.3 Å². The van der Waals surface area contributed by atoms with Crippen LogP contribution >= 0.6 is 0 Å². The fourth-order valence-corrected chi connectivity index (χ4v) is 3.44. The summed E-state index contributed by atoms with van der Waals surface area (Å²) in [6.07, 6.45) is -1.59. The number of ether oxygens (including phenoxy) is 1. The molecule has 0 saturated carbocycles. The highest BCUT2D eigenvalue weighted by Gasteiger charge is 2.32. The Bertz CT molecular complexity index is 1040. The average molecular weight is 393 g/mol. The molecule has 0 radical (unpaired) electrons. The number of nitrogens with zero attached hydrogens (tertiary/aromatic N) is 3. The van der Waals surface area contributed by atoms with E-state index < -0.39 is 6.36 Å². The Hall–Kier alpha value is -2.88. The van der Waals surface area contributed by atoms with Crippen molar-refractivity contribution in [2.75, 3.05) is 13.1 Å². The number of rotatable bonds is 4. The van der Waals surface area contributed by atoms with E-state index in [1.165, 1.54) is 24.4 Å². The van der Waals surface area contributed by atoms with Gasteiger partial charge in [-0.15, -0.1) is 13.2 Å². The maximum Gasteiger partial charge on any atom is 0.573 e. The van der Waals surface area contributed by atoms with Crippen molar-refractivity contribution in [2.45, 2.75) is 31.7 Å². The molecule has 3 aromatic rings. The molecule has 0 bridgehead atoms. The molecule has 0 spiro atoms.